The van der Waals surface area contributed by atoms with Crippen LogP contribution in [0.1, 0.15) is 11.4 Å². The summed E-state index contributed by atoms with van der Waals surface area (Å²) in [5.41, 5.74) is 2.88. The van der Waals surface area contributed by atoms with Gasteiger partial charge in [-0.05, 0) is 13.8 Å². The van der Waals surface area contributed by atoms with Gasteiger partial charge in [-0.1, -0.05) is 9.24 Å². The van der Waals surface area contributed by atoms with Crippen molar-refractivity contribution in [3.8, 4) is 0 Å². The van der Waals surface area contributed by atoms with Gasteiger partial charge in [-0.25, -0.2) is 0 Å². The third-order valence-corrected chi connectivity index (χ3v) is 1.66. The van der Waals surface area contributed by atoms with Crippen molar-refractivity contribution in [1.29, 1.82) is 0 Å². The molecule has 48 valence electrons. The van der Waals surface area contributed by atoms with Crippen LogP contribution in [0.4, 0.5) is 0 Å². The Kier molecular flexibility index (Phi) is 1.77. The highest BCUT2D eigenvalue weighted by atomic mass is 31.0. The molecule has 1 aromatic rings. The van der Waals surface area contributed by atoms with Crippen molar-refractivity contribution in [1.82, 2.24) is 9.97 Å². The summed E-state index contributed by atoms with van der Waals surface area (Å²) in [4.78, 5) is 8.27. The predicted molar refractivity (Wildman–Crippen MR) is 40.9 cm³/mol. The first-order valence-corrected chi connectivity index (χ1v) is 3.33. The molecule has 0 saturated carbocycles. The number of aryl methyl sites for hydroxylation is 2. The number of nitrogens with zero attached hydrogens (tertiary/aromatic N) is 2. The topological polar surface area (TPSA) is 25.8 Å². The van der Waals surface area contributed by atoms with E-state index < -0.39 is 0 Å². The van der Waals surface area contributed by atoms with E-state index in [4.69, 9.17) is 0 Å². The summed E-state index contributed by atoms with van der Waals surface area (Å²) in [6, 6.07) is 0. The van der Waals surface area contributed by atoms with Crippen molar-refractivity contribution in [2.24, 2.45) is 0 Å². The van der Waals surface area contributed by atoms with Gasteiger partial charge in [0, 0.05) is 6.20 Å². The maximum atomic E-state index is 4.17. The monoisotopic (exact) mass is 140 g/mol. The van der Waals surface area contributed by atoms with Crippen molar-refractivity contribution in [3.05, 3.63) is 17.6 Å². The van der Waals surface area contributed by atoms with E-state index in [0.29, 0.717) is 0 Å². The zero-order valence-corrected chi connectivity index (χ0v) is 6.70. The Morgan fingerprint density at radius 1 is 1.44 bits per heavy atom. The second kappa shape index (κ2) is 2.40. The van der Waals surface area contributed by atoms with Crippen molar-refractivity contribution in [2.45, 2.75) is 13.8 Å². The standard InChI is InChI=1S/C6H9N2P/c1-4-3-7-5(2)6(9)8-4/h3H,9H2,1-2H3. The van der Waals surface area contributed by atoms with E-state index in [1.165, 1.54) is 0 Å². The first kappa shape index (κ1) is 6.63. The fourth-order valence-corrected chi connectivity index (χ4v) is 0.834. The lowest BCUT2D eigenvalue weighted by molar-refractivity contribution is 1.10. The summed E-state index contributed by atoms with van der Waals surface area (Å²) in [6.07, 6.45) is 1.77. The SMILES string of the molecule is Cc1cnc(C)c(P)n1. The summed E-state index contributed by atoms with van der Waals surface area (Å²) in [5, 5.41) is 0. The maximum Gasteiger partial charge on any atom is 0.0783 e. The van der Waals surface area contributed by atoms with Gasteiger partial charge in [0.2, 0.25) is 0 Å². The molecule has 0 N–H and O–H groups in total. The minimum Gasteiger partial charge on any atom is -0.257 e. The molecular weight excluding hydrogens is 131 g/mol. The molecule has 2 nitrogen and oxygen atoms in total. The third kappa shape index (κ3) is 1.46. The molecule has 1 heterocycles. The fourth-order valence-electron chi connectivity index (χ4n) is 0.556. The Morgan fingerprint density at radius 3 is 2.56 bits per heavy atom. The maximum absolute atomic E-state index is 4.17. The highest BCUT2D eigenvalue weighted by molar-refractivity contribution is 7.27. The Labute approximate surface area is 56.9 Å². The van der Waals surface area contributed by atoms with E-state index in [9.17, 15) is 0 Å². The van der Waals surface area contributed by atoms with Crippen molar-refractivity contribution >= 4 is 14.7 Å². The lowest BCUT2D eigenvalue weighted by Gasteiger charge is -1.96. The molecule has 1 aromatic heterocycles. The van der Waals surface area contributed by atoms with Gasteiger partial charge in [-0.3, -0.25) is 9.97 Å². The minimum absolute atomic E-state index is 0.940. The second-order valence-electron chi connectivity index (χ2n) is 1.98. The van der Waals surface area contributed by atoms with Gasteiger partial charge >= 0.3 is 0 Å². The molecule has 0 aliphatic heterocycles. The van der Waals surface area contributed by atoms with Crippen LogP contribution in [0, 0.1) is 13.8 Å². The van der Waals surface area contributed by atoms with Gasteiger partial charge in [-0.2, -0.15) is 0 Å². The molecule has 1 rings (SSSR count). The molecule has 0 radical (unpaired) electrons. The van der Waals surface area contributed by atoms with Crippen LogP contribution >= 0.6 is 9.24 Å². The zero-order chi connectivity index (χ0) is 6.85. The molecular formula is C6H9N2P. The van der Waals surface area contributed by atoms with Crippen LogP contribution in [-0.4, -0.2) is 9.97 Å². The van der Waals surface area contributed by atoms with Crippen LogP contribution in [0.3, 0.4) is 0 Å². The van der Waals surface area contributed by atoms with Crippen LogP contribution in [0.15, 0.2) is 6.20 Å². The molecule has 3 heteroatoms. The van der Waals surface area contributed by atoms with Gasteiger partial charge in [0.15, 0.2) is 0 Å². The van der Waals surface area contributed by atoms with Crippen LogP contribution in [0.25, 0.3) is 0 Å². The van der Waals surface area contributed by atoms with E-state index in [0.717, 1.165) is 16.8 Å². The fraction of sp³-hybridized carbons (Fsp3) is 0.333. The van der Waals surface area contributed by atoms with Gasteiger partial charge in [0.05, 0.1) is 16.8 Å². The lowest BCUT2D eigenvalue weighted by atomic mass is 10.4. The smallest absolute Gasteiger partial charge is 0.0783 e. The molecule has 0 amide bonds. The molecule has 0 bridgehead atoms. The number of rotatable bonds is 0. The average molecular weight is 140 g/mol. The second-order valence-corrected chi connectivity index (χ2v) is 2.53. The normalized spacial score (nSPS) is 9.67. The number of hydrogen-bond donors (Lipinski definition) is 0. The van der Waals surface area contributed by atoms with E-state index in [-0.39, 0.29) is 0 Å². The summed E-state index contributed by atoms with van der Waals surface area (Å²) in [7, 11) is 2.55. The molecule has 0 fully saturated rings. The summed E-state index contributed by atoms with van der Waals surface area (Å²) in [6.45, 7) is 3.87. The molecule has 0 aromatic carbocycles. The molecule has 0 spiro atoms. The highest BCUT2D eigenvalue weighted by Gasteiger charge is 1.92. The van der Waals surface area contributed by atoms with Crippen LogP contribution in [-0.2, 0) is 0 Å². The lowest BCUT2D eigenvalue weighted by Crippen LogP contribution is -2.06. The Morgan fingerprint density at radius 2 is 2.11 bits per heavy atom. The van der Waals surface area contributed by atoms with Crippen molar-refractivity contribution in [2.75, 3.05) is 0 Å². The first-order chi connectivity index (χ1) is 4.20. The molecule has 1 atom stereocenters. The highest BCUT2D eigenvalue weighted by Crippen LogP contribution is 1.92. The zero-order valence-electron chi connectivity index (χ0n) is 5.55. The van der Waals surface area contributed by atoms with Crippen LogP contribution in [0.2, 0.25) is 0 Å². The van der Waals surface area contributed by atoms with Gasteiger partial charge in [-0.15, -0.1) is 0 Å². The summed E-state index contributed by atoms with van der Waals surface area (Å²) >= 11 is 0. The van der Waals surface area contributed by atoms with Crippen LogP contribution < -0.4 is 5.44 Å². The van der Waals surface area contributed by atoms with Gasteiger partial charge in [0.25, 0.3) is 0 Å². The molecule has 0 aliphatic carbocycles. The minimum atomic E-state index is 0.940. The number of aromatic nitrogens is 2. The average Bonchev–Trinajstić information content (AvgIpc) is 1.80. The van der Waals surface area contributed by atoms with Crippen LogP contribution in [0.5, 0.6) is 0 Å². The summed E-state index contributed by atoms with van der Waals surface area (Å²) < 4.78 is 0. The molecule has 9 heavy (non-hydrogen) atoms. The van der Waals surface area contributed by atoms with Crippen molar-refractivity contribution < 1.29 is 0 Å². The Balaban J connectivity index is 3.17. The largest absolute Gasteiger partial charge is 0.257 e. The molecule has 1 unspecified atom stereocenters. The third-order valence-electron chi connectivity index (χ3n) is 1.11. The van der Waals surface area contributed by atoms with E-state index in [1.54, 1.807) is 6.20 Å². The quantitative estimate of drug-likeness (QED) is 0.493. The predicted octanol–water partition coefficient (Wildman–Crippen LogP) is 0.594. The van der Waals surface area contributed by atoms with E-state index >= 15 is 0 Å². The number of hydrogen-bond acceptors (Lipinski definition) is 2. The molecule has 0 saturated heterocycles. The van der Waals surface area contributed by atoms with Gasteiger partial charge < -0.3 is 0 Å². The van der Waals surface area contributed by atoms with E-state index in [1.807, 2.05) is 13.8 Å². The first-order valence-electron chi connectivity index (χ1n) is 2.76. The Hall–Kier alpha value is -0.490. The van der Waals surface area contributed by atoms with Gasteiger partial charge in [0.1, 0.15) is 0 Å². The Bertz CT molecular complexity index is 222. The van der Waals surface area contributed by atoms with Crippen molar-refractivity contribution in [3.63, 3.8) is 0 Å². The summed E-state index contributed by atoms with van der Waals surface area (Å²) in [5.74, 6) is 0. The molecule has 0 aliphatic rings. The van der Waals surface area contributed by atoms with E-state index in [2.05, 4.69) is 19.2 Å².